The summed E-state index contributed by atoms with van der Waals surface area (Å²) in [5, 5.41) is 0. The number of piperidine rings is 1. The Labute approximate surface area is 182 Å². The van der Waals surface area contributed by atoms with Gasteiger partial charge < -0.3 is 15.5 Å². The van der Waals surface area contributed by atoms with Crippen LogP contribution in [0.25, 0.3) is 0 Å². The predicted octanol–water partition coefficient (Wildman–Crippen LogP) is 1.23. The van der Waals surface area contributed by atoms with Crippen LogP contribution in [0.2, 0.25) is 0 Å². The molecule has 1 saturated heterocycles. The average molecular weight is 453 g/mol. The Morgan fingerprint density at radius 1 is 1.16 bits per heavy atom. The Balaban J connectivity index is 1.93. The third kappa shape index (κ3) is 5.50. The molecule has 2 amide bonds. The molecule has 1 aromatic carbocycles. The first-order valence-electron chi connectivity index (χ1n) is 10.5. The van der Waals surface area contributed by atoms with E-state index in [2.05, 4.69) is 4.72 Å². The lowest BCUT2D eigenvalue weighted by atomic mass is 10.0. The minimum Gasteiger partial charge on any atom is -0.339 e. The lowest BCUT2D eigenvalue weighted by Crippen LogP contribution is -2.53. The molecule has 8 nitrogen and oxygen atoms in total. The van der Waals surface area contributed by atoms with E-state index in [-0.39, 0.29) is 24.1 Å². The van der Waals surface area contributed by atoms with Crippen LogP contribution in [-0.4, -0.2) is 68.8 Å². The number of hydrogen-bond donors (Lipinski definition) is 2. The molecular weight excluding hydrogens is 423 g/mol. The van der Waals surface area contributed by atoms with Crippen molar-refractivity contribution in [2.75, 3.05) is 26.7 Å². The Kier molecular flexibility index (Phi) is 7.45. The van der Waals surface area contributed by atoms with Crippen molar-refractivity contribution in [1.82, 2.24) is 14.5 Å². The summed E-state index contributed by atoms with van der Waals surface area (Å²) in [4.78, 5) is 28.4. The lowest BCUT2D eigenvalue weighted by molar-refractivity contribution is -0.134. The average Bonchev–Trinajstić information content (AvgIpc) is 2.76. The van der Waals surface area contributed by atoms with Gasteiger partial charge in [0.15, 0.2) is 0 Å². The van der Waals surface area contributed by atoms with Gasteiger partial charge in [-0.05, 0) is 50.3 Å². The number of fused-ring (bicyclic) bond motifs is 4. The summed E-state index contributed by atoms with van der Waals surface area (Å²) in [6, 6.07) is 2.48. The van der Waals surface area contributed by atoms with Gasteiger partial charge in [-0.25, -0.2) is 17.5 Å². The quantitative estimate of drug-likeness (QED) is 0.575. The van der Waals surface area contributed by atoms with E-state index in [1.807, 2.05) is 0 Å². The molecule has 170 valence electrons. The monoisotopic (exact) mass is 452 g/mol. The van der Waals surface area contributed by atoms with Gasteiger partial charge in [-0.2, -0.15) is 0 Å². The van der Waals surface area contributed by atoms with Crippen molar-refractivity contribution in [3.63, 3.8) is 0 Å². The van der Waals surface area contributed by atoms with Gasteiger partial charge in [-0.15, -0.1) is 0 Å². The minimum atomic E-state index is -4.12. The zero-order valence-electron chi connectivity index (χ0n) is 17.6. The number of nitrogens with one attached hydrogen (secondary N) is 1. The van der Waals surface area contributed by atoms with Crippen LogP contribution >= 0.6 is 0 Å². The maximum Gasteiger partial charge on any atom is 0.253 e. The largest absolute Gasteiger partial charge is 0.339 e. The van der Waals surface area contributed by atoms with Crippen LogP contribution in [-0.2, 0) is 14.8 Å². The van der Waals surface area contributed by atoms with E-state index in [9.17, 15) is 22.4 Å². The van der Waals surface area contributed by atoms with Gasteiger partial charge >= 0.3 is 0 Å². The fourth-order valence-electron chi connectivity index (χ4n) is 3.93. The molecule has 4 bridgehead atoms. The molecule has 2 aliphatic rings. The first-order valence-corrected chi connectivity index (χ1v) is 11.9. The summed E-state index contributed by atoms with van der Waals surface area (Å²) >= 11 is 0. The maximum absolute atomic E-state index is 14.3. The number of nitrogens with zero attached hydrogens (tertiary/aromatic N) is 2. The maximum atomic E-state index is 14.3. The zero-order valence-corrected chi connectivity index (χ0v) is 18.4. The smallest absolute Gasteiger partial charge is 0.253 e. The number of sulfonamides is 1. The molecule has 2 atom stereocenters. The molecule has 3 N–H and O–H groups in total. The molecule has 2 unspecified atom stereocenters. The number of nitrogens with two attached hydrogens (primary N) is 1. The van der Waals surface area contributed by atoms with Crippen molar-refractivity contribution in [3.05, 3.63) is 41.7 Å². The second kappa shape index (κ2) is 9.88. The predicted molar refractivity (Wildman–Crippen MR) is 114 cm³/mol. The molecule has 2 heterocycles. The van der Waals surface area contributed by atoms with Crippen molar-refractivity contribution in [2.45, 2.75) is 49.1 Å². The number of rotatable bonds is 0. The number of carbonyl (C=O) groups is 2. The Hall–Kier alpha value is -2.30. The number of amides is 2. The van der Waals surface area contributed by atoms with Crippen LogP contribution in [0.3, 0.4) is 0 Å². The van der Waals surface area contributed by atoms with Crippen LogP contribution in [0.4, 0.5) is 4.39 Å². The van der Waals surface area contributed by atoms with Crippen LogP contribution in [0, 0.1) is 5.82 Å². The van der Waals surface area contributed by atoms with Crippen LogP contribution < -0.4 is 10.5 Å². The molecule has 1 fully saturated rings. The molecule has 1 aromatic rings. The molecule has 0 radical (unpaired) electrons. The lowest BCUT2D eigenvalue weighted by Gasteiger charge is -2.38. The first kappa shape index (κ1) is 23.4. The molecule has 10 heteroatoms. The highest BCUT2D eigenvalue weighted by molar-refractivity contribution is 7.89. The highest BCUT2D eigenvalue weighted by Crippen LogP contribution is 2.21. The molecule has 0 aliphatic carbocycles. The van der Waals surface area contributed by atoms with Gasteiger partial charge in [0.25, 0.3) is 5.91 Å². The molecule has 0 spiro atoms. The molecule has 2 aliphatic heterocycles. The van der Waals surface area contributed by atoms with Gasteiger partial charge in [0, 0.05) is 38.3 Å². The van der Waals surface area contributed by atoms with Crippen LogP contribution in [0.1, 0.15) is 42.5 Å². The third-order valence-corrected chi connectivity index (χ3v) is 7.24. The fourth-order valence-corrected chi connectivity index (χ4v) is 5.01. The van der Waals surface area contributed by atoms with E-state index in [0.29, 0.717) is 38.8 Å². The third-order valence-electron chi connectivity index (χ3n) is 5.80. The van der Waals surface area contributed by atoms with Gasteiger partial charge in [-0.1, -0.05) is 12.2 Å². The summed E-state index contributed by atoms with van der Waals surface area (Å²) in [6.07, 6.45) is 6.71. The highest BCUT2D eigenvalue weighted by atomic mass is 32.2. The molecule has 31 heavy (non-hydrogen) atoms. The van der Waals surface area contributed by atoms with Crippen molar-refractivity contribution in [1.29, 1.82) is 0 Å². The van der Waals surface area contributed by atoms with Gasteiger partial charge in [0.1, 0.15) is 10.7 Å². The SMILES string of the molecule is CN1C(=O)c2ccc(F)c(c2)S(=O)(=O)NC/C=C\CCCC(N)C(=O)N2CCCC1C2. The summed E-state index contributed by atoms with van der Waals surface area (Å²) < 4.78 is 41.7. The first-order chi connectivity index (χ1) is 14.7. The van der Waals surface area contributed by atoms with E-state index in [0.717, 1.165) is 18.6 Å². The molecular formula is C21H29FN4O4S. The van der Waals surface area contributed by atoms with Crippen molar-refractivity contribution in [2.24, 2.45) is 5.73 Å². The van der Waals surface area contributed by atoms with E-state index < -0.39 is 32.7 Å². The second-order valence-corrected chi connectivity index (χ2v) is 9.74. The number of benzene rings is 1. The van der Waals surface area contributed by atoms with E-state index in [1.165, 1.54) is 11.0 Å². The molecule has 0 saturated carbocycles. The van der Waals surface area contributed by atoms with E-state index >= 15 is 0 Å². The molecule has 3 rings (SSSR count). The number of hydrogen-bond acceptors (Lipinski definition) is 5. The molecule has 0 aromatic heterocycles. The topological polar surface area (TPSA) is 113 Å². The van der Waals surface area contributed by atoms with Gasteiger partial charge in [0.2, 0.25) is 15.9 Å². The summed E-state index contributed by atoms with van der Waals surface area (Å²) in [6.45, 7) is 0.943. The van der Waals surface area contributed by atoms with Gasteiger partial charge in [-0.3, -0.25) is 9.59 Å². The van der Waals surface area contributed by atoms with Crippen LogP contribution in [0.5, 0.6) is 0 Å². The number of allylic oxidation sites excluding steroid dienone is 1. The van der Waals surface area contributed by atoms with Crippen molar-refractivity contribution < 1.29 is 22.4 Å². The van der Waals surface area contributed by atoms with E-state index in [1.54, 1.807) is 24.1 Å². The Bertz CT molecular complexity index is 966. The van der Waals surface area contributed by atoms with Crippen LogP contribution in [0.15, 0.2) is 35.2 Å². The van der Waals surface area contributed by atoms with Crippen molar-refractivity contribution >= 4 is 21.8 Å². The Morgan fingerprint density at radius 3 is 2.71 bits per heavy atom. The summed E-state index contributed by atoms with van der Waals surface area (Å²) in [7, 11) is -2.51. The summed E-state index contributed by atoms with van der Waals surface area (Å²) in [5.74, 6) is -1.47. The van der Waals surface area contributed by atoms with Gasteiger partial charge in [0.05, 0.1) is 6.04 Å². The number of likely N-dealkylation sites (N-methyl/N-ethyl adjacent to an activating group) is 1. The standard InChI is InChI=1S/C21H29FN4O4S/c1-25-16-7-6-12-26(14-16)21(28)18(23)8-4-2-3-5-11-24-31(29,30)19-13-15(20(25)27)9-10-17(19)22/h3,5,9-10,13,16,18,24H,2,4,6-8,11-12,14,23H2,1H3/b5-3-. The second-order valence-electron chi connectivity index (χ2n) is 8.00. The highest BCUT2D eigenvalue weighted by Gasteiger charge is 2.31. The summed E-state index contributed by atoms with van der Waals surface area (Å²) in [5.41, 5.74) is 6.17. The Morgan fingerprint density at radius 2 is 1.94 bits per heavy atom. The fraction of sp³-hybridized carbons (Fsp3) is 0.524. The number of halogens is 1. The zero-order chi connectivity index (χ0) is 22.6. The number of carbonyl (C=O) groups excluding carboxylic acids is 2. The normalized spacial score (nSPS) is 26.8. The van der Waals surface area contributed by atoms with E-state index in [4.69, 9.17) is 5.73 Å². The minimum absolute atomic E-state index is 0.0132. The van der Waals surface area contributed by atoms with Crippen molar-refractivity contribution in [3.8, 4) is 0 Å².